The van der Waals surface area contributed by atoms with Crippen molar-refractivity contribution in [3.63, 3.8) is 0 Å². The van der Waals surface area contributed by atoms with Gasteiger partial charge in [-0.25, -0.2) is 9.50 Å². The number of aromatic nitrogens is 3. The summed E-state index contributed by atoms with van der Waals surface area (Å²) in [5.74, 6) is 1.02. The maximum absolute atomic E-state index is 4.39. The Labute approximate surface area is 102 Å². The van der Waals surface area contributed by atoms with Crippen LogP contribution in [0.2, 0.25) is 0 Å². The van der Waals surface area contributed by atoms with Crippen LogP contribution in [-0.4, -0.2) is 40.8 Å². The minimum absolute atomic E-state index is 0.996. The summed E-state index contributed by atoms with van der Waals surface area (Å²) in [6.07, 6.45) is 3.56. The Balaban J connectivity index is 2.07. The smallest absolute Gasteiger partial charge is 0.156 e. The number of hydrogen-bond acceptors (Lipinski definition) is 4. The Hall–Kier alpha value is -1.14. The molecule has 0 aromatic carbocycles. The lowest BCUT2D eigenvalue weighted by Crippen LogP contribution is -2.44. The maximum Gasteiger partial charge on any atom is 0.156 e. The Morgan fingerprint density at radius 3 is 2.94 bits per heavy atom. The number of rotatable bonds is 1. The summed E-state index contributed by atoms with van der Waals surface area (Å²) >= 11 is 3.46. The molecule has 6 heteroatoms. The van der Waals surface area contributed by atoms with E-state index in [0.717, 1.165) is 42.0 Å². The van der Waals surface area contributed by atoms with Crippen molar-refractivity contribution in [2.45, 2.75) is 0 Å². The van der Waals surface area contributed by atoms with E-state index in [4.69, 9.17) is 0 Å². The first-order valence-electron chi connectivity index (χ1n) is 5.29. The van der Waals surface area contributed by atoms with Crippen molar-refractivity contribution in [3.8, 4) is 0 Å². The first-order chi connectivity index (χ1) is 7.84. The minimum atomic E-state index is 0.996. The molecule has 5 nitrogen and oxygen atoms in total. The third kappa shape index (κ3) is 1.68. The van der Waals surface area contributed by atoms with Gasteiger partial charge in [0.1, 0.15) is 11.8 Å². The molecule has 1 aliphatic rings. The number of hydrogen-bond donors (Lipinski definition) is 1. The first kappa shape index (κ1) is 10.0. The first-order valence-corrected chi connectivity index (χ1v) is 6.08. The lowest BCUT2D eigenvalue weighted by atomic mass is 10.3. The second kappa shape index (κ2) is 4.03. The van der Waals surface area contributed by atoms with E-state index < -0.39 is 0 Å². The summed E-state index contributed by atoms with van der Waals surface area (Å²) in [5, 5.41) is 7.53. The molecule has 2 aromatic rings. The highest BCUT2D eigenvalue weighted by atomic mass is 79.9. The fraction of sp³-hybridized carbons (Fsp3) is 0.400. The topological polar surface area (TPSA) is 45.5 Å². The van der Waals surface area contributed by atoms with E-state index in [0.29, 0.717) is 0 Å². The maximum atomic E-state index is 4.39. The summed E-state index contributed by atoms with van der Waals surface area (Å²) in [6, 6.07) is 2.05. The Bertz CT molecular complexity index is 503. The molecule has 1 fully saturated rings. The zero-order valence-electron chi connectivity index (χ0n) is 8.73. The van der Waals surface area contributed by atoms with E-state index in [1.807, 2.05) is 10.7 Å². The highest BCUT2D eigenvalue weighted by Gasteiger charge is 2.15. The molecule has 0 unspecified atom stereocenters. The summed E-state index contributed by atoms with van der Waals surface area (Å²) in [4.78, 5) is 6.68. The molecule has 0 amide bonds. The van der Waals surface area contributed by atoms with Gasteiger partial charge in [0.05, 0.1) is 0 Å². The zero-order chi connectivity index (χ0) is 11.0. The molecular weight excluding hydrogens is 270 g/mol. The average Bonchev–Trinajstić information content (AvgIpc) is 2.70. The van der Waals surface area contributed by atoms with E-state index in [2.05, 4.69) is 42.3 Å². The van der Waals surface area contributed by atoms with Crippen LogP contribution in [0.1, 0.15) is 0 Å². The molecule has 1 aliphatic heterocycles. The van der Waals surface area contributed by atoms with Crippen LogP contribution in [0, 0.1) is 0 Å². The summed E-state index contributed by atoms with van der Waals surface area (Å²) in [7, 11) is 0. The van der Waals surface area contributed by atoms with Crippen LogP contribution in [0.5, 0.6) is 0 Å². The molecule has 1 N–H and O–H groups in total. The molecule has 0 saturated carbocycles. The van der Waals surface area contributed by atoms with Crippen molar-refractivity contribution in [1.29, 1.82) is 0 Å². The molecule has 1 saturated heterocycles. The third-order valence-electron chi connectivity index (χ3n) is 2.77. The number of fused-ring (bicyclic) bond motifs is 1. The number of anilines is 1. The average molecular weight is 282 g/mol. The second-order valence-corrected chi connectivity index (χ2v) is 4.72. The van der Waals surface area contributed by atoms with E-state index in [-0.39, 0.29) is 0 Å². The lowest BCUT2D eigenvalue weighted by Gasteiger charge is -2.28. The summed E-state index contributed by atoms with van der Waals surface area (Å²) < 4.78 is 2.89. The standard InChI is InChI=1S/C10H12BrN5/c11-8-5-9-10(13-7-14-16(9)6-8)15-3-1-12-2-4-15/h5-7,12H,1-4H2. The molecule has 0 bridgehead atoms. The zero-order valence-corrected chi connectivity index (χ0v) is 10.3. The third-order valence-corrected chi connectivity index (χ3v) is 3.20. The molecule has 0 radical (unpaired) electrons. The van der Waals surface area contributed by atoms with Gasteiger partial charge in [-0.05, 0) is 22.0 Å². The van der Waals surface area contributed by atoms with Gasteiger partial charge in [0.2, 0.25) is 0 Å². The Kier molecular flexibility index (Phi) is 2.53. The quantitative estimate of drug-likeness (QED) is 0.844. The highest BCUT2D eigenvalue weighted by Crippen LogP contribution is 2.22. The Morgan fingerprint density at radius 2 is 2.12 bits per heavy atom. The van der Waals surface area contributed by atoms with Crippen molar-refractivity contribution in [2.75, 3.05) is 31.1 Å². The van der Waals surface area contributed by atoms with Gasteiger partial charge in [0.15, 0.2) is 5.82 Å². The predicted octanol–water partition coefficient (Wildman–Crippen LogP) is 0.901. The molecule has 2 aromatic heterocycles. The van der Waals surface area contributed by atoms with Crippen molar-refractivity contribution in [1.82, 2.24) is 19.9 Å². The molecule has 0 atom stereocenters. The van der Waals surface area contributed by atoms with Crippen LogP contribution in [0.3, 0.4) is 0 Å². The van der Waals surface area contributed by atoms with Crippen LogP contribution in [0.25, 0.3) is 5.52 Å². The molecule has 0 aliphatic carbocycles. The predicted molar refractivity (Wildman–Crippen MR) is 65.8 cm³/mol. The largest absolute Gasteiger partial charge is 0.352 e. The molecule has 0 spiro atoms. The van der Waals surface area contributed by atoms with Crippen molar-refractivity contribution in [2.24, 2.45) is 0 Å². The molecular formula is C10H12BrN5. The summed E-state index contributed by atoms with van der Waals surface area (Å²) in [5.41, 5.74) is 1.05. The van der Waals surface area contributed by atoms with Gasteiger partial charge < -0.3 is 10.2 Å². The fourth-order valence-electron chi connectivity index (χ4n) is 2.01. The second-order valence-electron chi connectivity index (χ2n) is 3.81. The molecule has 16 heavy (non-hydrogen) atoms. The Morgan fingerprint density at radius 1 is 1.31 bits per heavy atom. The minimum Gasteiger partial charge on any atom is -0.352 e. The van der Waals surface area contributed by atoms with Gasteiger partial charge in [-0.1, -0.05) is 0 Å². The summed E-state index contributed by atoms with van der Waals surface area (Å²) in [6.45, 7) is 4.01. The molecule has 3 heterocycles. The van der Waals surface area contributed by atoms with Crippen LogP contribution in [0.15, 0.2) is 23.1 Å². The lowest BCUT2D eigenvalue weighted by molar-refractivity contribution is 0.584. The van der Waals surface area contributed by atoms with Gasteiger partial charge in [-0.3, -0.25) is 0 Å². The van der Waals surface area contributed by atoms with Crippen molar-refractivity contribution >= 4 is 27.3 Å². The van der Waals surface area contributed by atoms with Gasteiger partial charge in [-0.15, -0.1) is 0 Å². The van der Waals surface area contributed by atoms with Crippen molar-refractivity contribution < 1.29 is 0 Å². The monoisotopic (exact) mass is 281 g/mol. The van der Waals surface area contributed by atoms with Gasteiger partial charge in [-0.2, -0.15) is 5.10 Å². The van der Waals surface area contributed by atoms with E-state index >= 15 is 0 Å². The number of halogens is 1. The van der Waals surface area contributed by atoms with Crippen LogP contribution in [-0.2, 0) is 0 Å². The number of piperazine rings is 1. The van der Waals surface area contributed by atoms with Gasteiger partial charge in [0, 0.05) is 36.8 Å². The van der Waals surface area contributed by atoms with Crippen LogP contribution < -0.4 is 10.2 Å². The fourth-order valence-corrected chi connectivity index (χ4v) is 2.42. The van der Waals surface area contributed by atoms with Crippen LogP contribution >= 0.6 is 15.9 Å². The van der Waals surface area contributed by atoms with Crippen molar-refractivity contribution in [3.05, 3.63) is 23.1 Å². The normalized spacial score (nSPS) is 16.9. The molecule has 3 rings (SSSR count). The SMILES string of the molecule is Brc1cc2c(N3CCNCC3)ncnn2c1. The highest BCUT2D eigenvalue weighted by molar-refractivity contribution is 9.10. The molecule has 84 valence electrons. The van der Waals surface area contributed by atoms with Gasteiger partial charge in [0.25, 0.3) is 0 Å². The van der Waals surface area contributed by atoms with E-state index in [1.54, 1.807) is 6.33 Å². The number of nitrogens with zero attached hydrogens (tertiary/aromatic N) is 4. The van der Waals surface area contributed by atoms with E-state index in [1.165, 1.54) is 0 Å². The number of nitrogens with one attached hydrogen (secondary N) is 1. The van der Waals surface area contributed by atoms with Gasteiger partial charge >= 0.3 is 0 Å². The van der Waals surface area contributed by atoms with Crippen LogP contribution in [0.4, 0.5) is 5.82 Å². The van der Waals surface area contributed by atoms with E-state index in [9.17, 15) is 0 Å².